The monoisotopic (exact) mass is 476 g/mol. The van der Waals surface area contributed by atoms with E-state index in [0.29, 0.717) is 17.0 Å². The van der Waals surface area contributed by atoms with Gasteiger partial charge in [-0.3, -0.25) is 14.4 Å². The molecular formula is C27H25ClN2O4. The van der Waals surface area contributed by atoms with Gasteiger partial charge in [0, 0.05) is 17.0 Å². The summed E-state index contributed by atoms with van der Waals surface area (Å²) in [6, 6.07) is 19.4. The Kier molecular flexibility index (Phi) is 6.11. The zero-order valence-corrected chi connectivity index (χ0v) is 19.3. The van der Waals surface area contributed by atoms with E-state index in [4.69, 9.17) is 16.3 Å². The number of amides is 2. The van der Waals surface area contributed by atoms with Crippen LogP contribution >= 0.6 is 11.6 Å². The van der Waals surface area contributed by atoms with Gasteiger partial charge < -0.3 is 15.4 Å². The molecule has 34 heavy (non-hydrogen) atoms. The Hall–Kier alpha value is -3.22. The highest BCUT2D eigenvalue weighted by Gasteiger charge is 2.55. The fourth-order valence-electron chi connectivity index (χ4n) is 5.07. The Morgan fingerprint density at radius 2 is 1.82 bits per heavy atom. The number of nitrogens with one attached hydrogen (secondary N) is 2. The van der Waals surface area contributed by atoms with E-state index >= 15 is 0 Å². The second-order valence-corrected chi connectivity index (χ2v) is 9.40. The van der Waals surface area contributed by atoms with E-state index in [-0.39, 0.29) is 30.8 Å². The lowest BCUT2D eigenvalue weighted by molar-refractivity contribution is -0.131. The van der Waals surface area contributed by atoms with Crippen molar-refractivity contribution in [2.45, 2.75) is 43.4 Å². The molecule has 2 amide bonds. The molecule has 5 rings (SSSR count). The molecular weight excluding hydrogens is 452 g/mol. The van der Waals surface area contributed by atoms with Crippen molar-refractivity contribution in [3.05, 3.63) is 82.9 Å². The van der Waals surface area contributed by atoms with Crippen LogP contribution in [0.1, 0.15) is 35.2 Å². The third-order valence-corrected chi connectivity index (χ3v) is 7.11. The number of ether oxygens (including phenoxy) is 1. The van der Waals surface area contributed by atoms with E-state index in [0.717, 1.165) is 29.2 Å². The molecule has 0 aromatic heterocycles. The number of Topliss-reactive ketones (excluding diaryl/α,β-unsaturated/α-hetero) is 1. The first-order valence-corrected chi connectivity index (χ1v) is 11.8. The van der Waals surface area contributed by atoms with Crippen molar-refractivity contribution in [3.63, 3.8) is 0 Å². The number of hydrogen-bond acceptors (Lipinski definition) is 4. The SMILES string of the molecule is O=C(NC(Cc1ccc(Cl)cc1)C(=O)NC12CCCC1OCC2=O)c1cccc2ccccc12. The molecule has 2 N–H and O–H groups in total. The molecule has 1 aliphatic heterocycles. The van der Waals surface area contributed by atoms with Gasteiger partial charge in [0.2, 0.25) is 5.91 Å². The summed E-state index contributed by atoms with van der Waals surface area (Å²) in [6.07, 6.45) is 2.04. The lowest BCUT2D eigenvalue weighted by Crippen LogP contribution is -2.60. The van der Waals surface area contributed by atoms with Gasteiger partial charge in [0.1, 0.15) is 18.2 Å². The molecule has 0 spiro atoms. The number of halogens is 1. The number of fused-ring (bicyclic) bond motifs is 2. The molecule has 3 atom stereocenters. The molecule has 1 aliphatic carbocycles. The molecule has 0 bridgehead atoms. The van der Waals surface area contributed by atoms with Crippen LogP contribution in [0.4, 0.5) is 0 Å². The molecule has 1 saturated carbocycles. The molecule has 174 valence electrons. The van der Waals surface area contributed by atoms with Crippen molar-refractivity contribution < 1.29 is 19.1 Å². The minimum absolute atomic E-state index is 0.00909. The molecule has 7 heteroatoms. The fourth-order valence-corrected chi connectivity index (χ4v) is 5.19. The maximum absolute atomic E-state index is 13.5. The quantitative estimate of drug-likeness (QED) is 0.566. The Bertz CT molecular complexity index is 1250. The van der Waals surface area contributed by atoms with Crippen LogP contribution in [0, 0.1) is 0 Å². The van der Waals surface area contributed by atoms with E-state index in [1.807, 2.05) is 48.5 Å². The molecule has 3 unspecified atom stereocenters. The average Bonchev–Trinajstić information content (AvgIpc) is 3.38. The zero-order chi connectivity index (χ0) is 23.7. The lowest BCUT2D eigenvalue weighted by Gasteiger charge is -2.30. The molecule has 0 radical (unpaired) electrons. The van der Waals surface area contributed by atoms with Gasteiger partial charge in [-0.25, -0.2) is 0 Å². The van der Waals surface area contributed by atoms with Crippen LogP contribution in [0.3, 0.4) is 0 Å². The second kappa shape index (κ2) is 9.20. The Morgan fingerprint density at radius 1 is 1.06 bits per heavy atom. The molecule has 2 aliphatic rings. The van der Waals surface area contributed by atoms with Crippen LogP contribution < -0.4 is 10.6 Å². The summed E-state index contributed by atoms with van der Waals surface area (Å²) in [5.41, 5.74) is 0.334. The Morgan fingerprint density at radius 3 is 2.65 bits per heavy atom. The summed E-state index contributed by atoms with van der Waals surface area (Å²) in [5, 5.41) is 8.23. The van der Waals surface area contributed by atoms with Crippen molar-refractivity contribution in [2.24, 2.45) is 0 Å². The Labute approximate surface area is 202 Å². The normalized spacial score (nSPS) is 22.4. The van der Waals surface area contributed by atoms with E-state index in [9.17, 15) is 14.4 Å². The minimum Gasteiger partial charge on any atom is -0.367 e. The minimum atomic E-state index is -1.00. The number of benzene rings is 3. The third-order valence-electron chi connectivity index (χ3n) is 6.86. The standard InChI is InChI=1S/C27H25ClN2O4/c28-19-12-10-17(11-13-19)15-22(26(33)30-27-14-4-9-24(27)34-16-23(27)31)29-25(32)21-8-3-6-18-5-1-2-7-20(18)21/h1-3,5-8,10-13,22,24H,4,9,14-16H2,(H,29,32)(H,30,33). The van der Waals surface area contributed by atoms with Gasteiger partial charge in [-0.1, -0.05) is 60.1 Å². The largest absolute Gasteiger partial charge is 0.367 e. The highest BCUT2D eigenvalue weighted by Crippen LogP contribution is 2.38. The van der Waals surface area contributed by atoms with Crippen molar-refractivity contribution in [1.29, 1.82) is 0 Å². The van der Waals surface area contributed by atoms with Crippen LogP contribution in [0.15, 0.2) is 66.7 Å². The summed E-state index contributed by atoms with van der Waals surface area (Å²) in [6.45, 7) is 0.00909. The van der Waals surface area contributed by atoms with E-state index in [2.05, 4.69) is 10.6 Å². The van der Waals surface area contributed by atoms with Crippen molar-refractivity contribution in [2.75, 3.05) is 6.61 Å². The van der Waals surface area contributed by atoms with Crippen molar-refractivity contribution in [3.8, 4) is 0 Å². The highest BCUT2D eigenvalue weighted by molar-refractivity contribution is 6.30. The van der Waals surface area contributed by atoms with Gasteiger partial charge >= 0.3 is 0 Å². The van der Waals surface area contributed by atoms with E-state index < -0.39 is 17.5 Å². The summed E-state index contributed by atoms with van der Waals surface area (Å²) in [4.78, 5) is 39.5. The molecule has 6 nitrogen and oxygen atoms in total. The summed E-state index contributed by atoms with van der Waals surface area (Å²) in [7, 11) is 0. The van der Waals surface area contributed by atoms with Crippen molar-refractivity contribution in [1.82, 2.24) is 10.6 Å². The summed E-state index contributed by atoms with van der Waals surface area (Å²) >= 11 is 6.02. The number of hydrogen-bond donors (Lipinski definition) is 2. The summed E-state index contributed by atoms with van der Waals surface area (Å²) in [5.74, 6) is -0.844. The number of rotatable bonds is 6. The predicted octanol–water partition coefficient (Wildman–Crippen LogP) is 3.84. The number of carbonyl (C=O) groups excluding carboxylic acids is 3. The highest BCUT2D eigenvalue weighted by atomic mass is 35.5. The first-order valence-electron chi connectivity index (χ1n) is 11.5. The molecule has 1 heterocycles. The maximum Gasteiger partial charge on any atom is 0.252 e. The first-order chi connectivity index (χ1) is 16.5. The molecule has 1 saturated heterocycles. The fraction of sp³-hybridized carbons (Fsp3) is 0.296. The molecule has 2 fully saturated rings. The van der Waals surface area contributed by atoms with Gasteiger partial charge in [0.05, 0.1) is 6.10 Å². The van der Waals surface area contributed by atoms with Crippen LogP contribution in [0.5, 0.6) is 0 Å². The zero-order valence-electron chi connectivity index (χ0n) is 18.6. The van der Waals surface area contributed by atoms with Gasteiger partial charge in [0.15, 0.2) is 5.78 Å². The second-order valence-electron chi connectivity index (χ2n) is 8.96. The topological polar surface area (TPSA) is 84.5 Å². The Balaban J connectivity index is 1.43. The lowest BCUT2D eigenvalue weighted by atomic mass is 9.91. The van der Waals surface area contributed by atoms with Crippen molar-refractivity contribution >= 4 is 40.0 Å². The van der Waals surface area contributed by atoms with Crippen LogP contribution in [-0.4, -0.2) is 41.9 Å². The average molecular weight is 477 g/mol. The smallest absolute Gasteiger partial charge is 0.252 e. The third kappa shape index (κ3) is 4.19. The molecule has 3 aromatic carbocycles. The number of carbonyl (C=O) groups is 3. The number of ketones is 1. The van der Waals surface area contributed by atoms with Gasteiger partial charge in [-0.2, -0.15) is 0 Å². The first kappa shape index (κ1) is 22.6. The maximum atomic E-state index is 13.5. The summed E-state index contributed by atoms with van der Waals surface area (Å²) < 4.78 is 5.64. The van der Waals surface area contributed by atoms with Gasteiger partial charge in [-0.15, -0.1) is 0 Å². The van der Waals surface area contributed by atoms with Gasteiger partial charge in [-0.05, 0) is 53.8 Å². The van der Waals surface area contributed by atoms with Gasteiger partial charge in [0.25, 0.3) is 5.91 Å². The predicted molar refractivity (Wildman–Crippen MR) is 130 cm³/mol. The van der Waals surface area contributed by atoms with Crippen LogP contribution in [0.2, 0.25) is 5.02 Å². The van der Waals surface area contributed by atoms with E-state index in [1.54, 1.807) is 18.2 Å². The van der Waals surface area contributed by atoms with Crippen LogP contribution in [-0.2, 0) is 20.7 Å². The van der Waals surface area contributed by atoms with Crippen LogP contribution in [0.25, 0.3) is 10.8 Å². The van der Waals surface area contributed by atoms with E-state index in [1.165, 1.54) is 0 Å². The molecule has 3 aromatic rings.